The largest absolute Gasteiger partial charge is 0.371 e. The van der Waals surface area contributed by atoms with E-state index in [1.165, 1.54) is 0 Å². The van der Waals surface area contributed by atoms with E-state index < -0.39 is 10.0 Å². The second-order valence-corrected chi connectivity index (χ2v) is 5.85. The fraction of sp³-hybridized carbons (Fsp3) is 0.364. The van der Waals surface area contributed by atoms with Crippen LogP contribution in [0.1, 0.15) is 13.8 Å². The molecule has 2 aromatic rings. The molecule has 2 heterocycles. The molecule has 2 rings (SSSR count). The topological polar surface area (TPSA) is 75.5 Å². The van der Waals surface area contributed by atoms with Crippen molar-refractivity contribution in [2.24, 2.45) is 0 Å². The zero-order valence-electron chi connectivity index (χ0n) is 10.5. The van der Waals surface area contributed by atoms with Gasteiger partial charge in [0, 0.05) is 19.3 Å². The summed E-state index contributed by atoms with van der Waals surface area (Å²) >= 11 is 0. The van der Waals surface area contributed by atoms with Crippen molar-refractivity contribution in [1.29, 1.82) is 0 Å². The quantitative estimate of drug-likeness (QED) is 0.869. The standard InChI is InChI=1S/C11H16N4O2S/c1-8(2)14-18(16,17)11-10(12-3)13-9-6-4-5-7-15(9)11/h4-8,12,14H,1-3H3. The van der Waals surface area contributed by atoms with Crippen molar-refractivity contribution in [3.05, 3.63) is 24.4 Å². The second kappa shape index (κ2) is 4.58. The van der Waals surface area contributed by atoms with Gasteiger partial charge < -0.3 is 5.32 Å². The number of anilines is 1. The molecular formula is C11H16N4O2S. The van der Waals surface area contributed by atoms with Gasteiger partial charge in [0.2, 0.25) is 0 Å². The summed E-state index contributed by atoms with van der Waals surface area (Å²) in [5, 5.41) is 2.95. The molecule has 0 aromatic carbocycles. The van der Waals surface area contributed by atoms with E-state index in [-0.39, 0.29) is 11.1 Å². The maximum atomic E-state index is 12.3. The molecule has 0 unspecified atom stereocenters. The number of imidazole rings is 1. The van der Waals surface area contributed by atoms with Gasteiger partial charge in [0.15, 0.2) is 10.8 Å². The third-order valence-electron chi connectivity index (χ3n) is 2.37. The van der Waals surface area contributed by atoms with Crippen molar-refractivity contribution >= 4 is 21.5 Å². The van der Waals surface area contributed by atoms with Gasteiger partial charge in [-0.05, 0) is 26.0 Å². The van der Waals surface area contributed by atoms with Crippen molar-refractivity contribution in [2.75, 3.05) is 12.4 Å². The Morgan fingerprint density at radius 2 is 2.06 bits per heavy atom. The molecular weight excluding hydrogens is 252 g/mol. The highest BCUT2D eigenvalue weighted by Gasteiger charge is 2.25. The van der Waals surface area contributed by atoms with Gasteiger partial charge in [0.05, 0.1) is 0 Å². The van der Waals surface area contributed by atoms with E-state index >= 15 is 0 Å². The molecule has 0 amide bonds. The Morgan fingerprint density at radius 1 is 1.33 bits per heavy atom. The fourth-order valence-electron chi connectivity index (χ4n) is 1.76. The van der Waals surface area contributed by atoms with E-state index in [1.54, 1.807) is 43.6 Å². The van der Waals surface area contributed by atoms with Crippen molar-refractivity contribution in [2.45, 2.75) is 24.9 Å². The average Bonchev–Trinajstić information content (AvgIpc) is 2.66. The Morgan fingerprint density at radius 3 is 2.67 bits per heavy atom. The van der Waals surface area contributed by atoms with Crippen LogP contribution in [-0.2, 0) is 10.0 Å². The predicted molar refractivity (Wildman–Crippen MR) is 70.2 cm³/mol. The minimum absolute atomic E-state index is 0.134. The number of hydrogen-bond acceptors (Lipinski definition) is 4. The van der Waals surface area contributed by atoms with Crippen LogP contribution in [0.15, 0.2) is 29.4 Å². The molecule has 18 heavy (non-hydrogen) atoms. The lowest BCUT2D eigenvalue weighted by atomic mass is 10.4. The van der Waals surface area contributed by atoms with Crippen LogP contribution in [0, 0.1) is 0 Å². The van der Waals surface area contributed by atoms with Crippen LogP contribution in [0.2, 0.25) is 0 Å². The summed E-state index contributed by atoms with van der Waals surface area (Å²) in [6.45, 7) is 3.56. The minimum Gasteiger partial charge on any atom is -0.371 e. The SMILES string of the molecule is CNc1nc2ccccn2c1S(=O)(=O)NC(C)C. The van der Waals surface area contributed by atoms with Crippen LogP contribution in [0.3, 0.4) is 0 Å². The Balaban J connectivity index is 2.69. The zero-order chi connectivity index (χ0) is 13.3. The summed E-state index contributed by atoms with van der Waals surface area (Å²) in [5.74, 6) is 0.342. The third kappa shape index (κ3) is 2.19. The maximum Gasteiger partial charge on any atom is 0.260 e. The van der Waals surface area contributed by atoms with Gasteiger partial charge in [-0.3, -0.25) is 4.40 Å². The van der Waals surface area contributed by atoms with E-state index in [9.17, 15) is 8.42 Å². The van der Waals surface area contributed by atoms with Crippen molar-refractivity contribution < 1.29 is 8.42 Å². The van der Waals surface area contributed by atoms with Crippen LogP contribution < -0.4 is 10.0 Å². The number of fused-ring (bicyclic) bond motifs is 1. The number of nitrogens with one attached hydrogen (secondary N) is 2. The highest BCUT2D eigenvalue weighted by molar-refractivity contribution is 7.89. The van der Waals surface area contributed by atoms with E-state index in [1.807, 2.05) is 6.07 Å². The van der Waals surface area contributed by atoms with Gasteiger partial charge in [0.25, 0.3) is 10.0 Å². The number of sulfonamides is 1. The van der Waals surface area contributed by atoms with Crippen molar-refractivity contribution in [1.82, 2.24) is 14.1 Å². The molecule has 0 saturated heterocycles. The lowest BCUT2D eigenvalue weighted by molar-refractivity contribution is 0.565. The van der Waals surface area contributed by atoms with Crippen LogP contribution in [0.4, 0.5) is 5.82 Å². The monoisotopic (exact) mass is 268 g/mol. The van der Waals surface area contributed by atoms with Gasteiger partial charge >= 0.3 is 0 Å². The van der Waals surface area contributed by atoms with Crippen LogP contribution in [0.25, 0.3) is 5.65 Å². The van der Waals surface area contributed by atoms with Gasteiger partial charge in [-0.15, -0.1) is 0 Å². The first kappa shape index (κ1) is 12.8. The first-order valence-corrected chi connectivity index (χ1v) is 7.11. The molecule has 6 nitrogen and oxygen atoms in total. The van der Waals surface area contributed by atoms with E-state index in [4.69, 9.17) is 0 Å². The highest BCUT2D eigenvalue weighted by Crippen LogP contribution is 2.22. The molecule has 0 aliphatic carbocycles. The third-order valence-corrected chi connectivity index (χ3v) is 4.05. The van der Waals surface area contributed by atoms with Crippen LogP contribution in [0.5, 0.6) is 0 Å². The molecule has 0 spiro atoms. The number of hydrogen-bond donors (Lipinski definition) is 2. The normalized spacial score (nSPS) is 12.2. The molecule has 0 saturated carbocycles. The van der Waals surface area contributed by atoms with E-state index in [0.29, 0.717) is 11.5 Å². The molecule has 2 N–H and O–H groups in total. The molecule has 7 heteroatoms. The highest BCUT2D eigenvalue weighted by atomic mass is 32.2. The van der Waals surface area contributed by atoms with Gasteiger partial charge in [-0.1, -0.05) is 6.07 Å². The lowest BCUT2D eigenvalue weighted by Crippen LogP contribution is -2.31. The lowest BCUT2D eigenvalue weighted by Gasteiger charge is -2.10. The van der Waals surface area contributed by atoms with Gasteiger partial charge in [-0.25, -0.2) is 18.1 Å². The summed E-state index contributed by atoms with van der Waals surface area (Å²) in [7, 11) is -1.95. The van der Waals surface area contributed by atoms with E-state index in [2.05, 4.69) is 15.0 Å². The van der Waals surface area contributed by atoms with Crippen LogP contribution >= 0.6 is 0 Å². The number of aromatic nitrogens is 2. The number of nitrogens with zero attached hydrogens (tertiary/aromatic N) is 2. The van der Waals surface area contributed by atoms with Crippen molar-refractivity contribution in [3.8, 4) is 0 Å². The summed E-state index contributed by atoms with van der Waals surface area (Å²) in [6, 6.07) is 5.17. The molecule has 2 aromatic heterocycles. The molecule has 0 aliphatic heterocycles. The second-order valence-electron chi connectivity index (χ2n) is 4.22. The van der Waals surface area contributed by atoms with Gasteiger partial charge in [-0.2, -0.15) is 0 Å². The predicted octanol–water partition coefficient (Wildman–Crippen LogP) is 1.06. The summed E-state index contributed by atoms with van der Waals surface area (Å²) in [6.07, 6.45) is 1.68. The Bertz CT molecular complexity index is 661. The first-order chi connectivity index (χ1) is 8.45. The maximum absolute atomic E-state index is 12.3. The molecule has 98 valence electrons. The fourth-order valence-corrected chi connectivity index (χ4v) is 3.31. The summed E-state index contributed by atoms with van der Waals surface area (Å²) in [5.41, 5.74) is 0.589. The van der Waals surface area contributed by atoms with Crippen molar-refractivity contribution in [3.63, 3.8) is 0 Å². The summed E-state index contributed by atoms with van der Waals surface area (Å²) in [4.78, 5) is 4.24. The van der Waals surface area contributed by atoms with Crippen LogP contribution in [-0.4, -0.2) is 30.9 Å². The number of pyridine rings is 1. The molecule has 0 radical (unpaired) electrons. The zero-order valence-corrected chi connectivity index (χ0v) is 11.3. The Hall–Kier alpha value is -1.60. The Labute approximate surface area is 106 Å². The van der Waals surface area contributed by atoms with Gasteiger partial charge in [0.1, 0.15) is 5.65 Å². The smallest absolute Gasteiger partial charge is 0.260 e. The molecule has 0 bridgehead atoms. The molecule has 0 fully saturated rings. The first-order valence-electron chi connectivity index (χ1n) is 5.63. The minimum atomic E-state index is -3.60. The summed E-state index contributed by atoms with van der Waals surface area (Å²) < 4.78 is 28.7. The van der Waals surface area contributed by atoms with E-state index in [0.717, 1.165) is 0 Å². The molecule has 0 aliphatic rings. The molecule has 0 atom stereocenters. The Kier molecular flexibility index (Phi) is 3.27. The number of rotatable bonds is 4. The average molecular weight is 268 g/mol.